The van der Waals surface area contributed by atoms with Gasteiger partial charge in [-0.15, -0.1) is 11.3 Å². The second-order valence-corrected chi connectivity index (χ2v) is 6.92. The fourth-order valence-corrected chi connectivity index (χ4v) is 3.20. The predicted molar refractivity (Wildman–Crippen MR) is 99.5 cm³/mol. The highest BCUT2D eigenvalue weighted by atomic mass is 35.5. The Morgan fingerprint density at radius 1 is 1.25 bits per heavy atom. The van der Waals surface area contributed by atoms with Gasteiger partial charge in [-0.1, -0.05) is 36.2 Å². The van der Waals surface area contributed by atoms with Crippen LogP contribution in [-0.4, -0.2) is 22.2 Å². The van der Waals surface area contributed by atoms with Crippen molar-refractivity contribution in [1.29, 1.82) is 0 Å². The van der Waals surface area contributed by atoms with Crippen LogP contribution in [0.5, 0.6) is 0 Å². The molecule has 0 aliphatic rings. The number of thiophene rings is 1. The molecule has 4 nitrogen and oxygen atoms in total. The van der Waals surface area contributed by atoms with E-state index in [2.05, 4.69) is 10.4 Å². The summed E-state index contributed by atoms with van der Waals surface area (Å²) in [6.07, 6.45) is 0.866. The molecular formula is C17H15Cl2N3OS. The van der Waals surface area contributed by atoms with Crippen molar-refractivity contribution in [2.45, 2.75) is 13.3 Å². The SMILES string of the molecule is CCCNC(=O)c1cc(-c2cccs2)nn1-c1ccc(Cl)c(Cl)c1. The second kappa shape index (κ2) is 7.38. The smallest absolute Gasteiger partial charge is 0.270 e. The van der Waals surface area contributed by atoms with Gasteiger partial charge < -0.3 is 5.32 Å². The number of carbonyl (C=O) groups is 1. The zero-order chi connectivity index (χ0) is 17.1. The van der Waals surface area contributed by atoms with Crippen LogP contribution >= 0.6 is 34.5 Å². The van der Waals surface area contributed by atoms with Crippen LogP contribution in [0.1, 0.15) is 23.8 Å². The molecule has 0 unspecified atom stereocenters. The highest BCUT2D eigenvalue weighted by Gasteiger charge is 2.18. The molecular weight excluding hydrogens is 365 g/mol. The molecule has 2 heterocycles. The summed E-state index contributed by atoms with van der Waals surface area (Å²) in [6, 6.07) is 10.9. The Morgan fingerprint density at radius 2 is 2.08 bits per heavy atom. The van der Waals surface area contributed by atoms with E-state index in [4.69, 9.17) is 23.2 Å². The molecule has 2 aromatic heterocycles. The Balaban J connectivity index is 2.08. The lowest BCUT2D eigenvalue weighted by molar-refractivity contribution is 0.0946. The topological polar surface area (TPSA) is 46.9 Å². The zero-order valence-corrected chi connectivity index (χ0v) is 15.3. The van der Waals surface area contributed by atoms with E-state index in [-0.39, 0.29) is 5.91 Å². The average molecular weight is 380 g/mol. The number of amides is 1. The Kier molecular flexibility index (Phi) is 5.23. The van der Waals surface area contributed by atoms with E-state index in [0.717, 1.165) is 17.0 Å². The Hall–Kier alpha value is -1.82. The molecule has 0 aliphatic heterocycles. The number of nitrogens with zero attached hydrogens (tertiary/aromatic N) is 2. The van der Waals surface area contributed by atoms with Crippen LogP contribution in [0.4, 0.5) is 0 Å². The molecule has 1 N–H and O–H groups in total. The van der Waals surface area contributed by atoms with E-state index in [0.29, 0.717) is 28.0 Å². The highest BCUT2D eigenvalue weighted by molar-refractivity contribution is 7.13. The first kappa shape index (κ1) is 17.0. The van der Waals surface area contributed by atoms with Crippen LogP contribution < -0.4 is 5.32 Å². The van der Waals surface area contributed by atoms with Crippen LogP contribution in [0.2, 0.25) is 10.0 Å². The fraction of sp³-hybridized carbons (Fsp3) is 0.176. The van der Waals surface area contributed by atoms with Crippen molar-refractivity contribution in [3.63, 3.8) is 0 Å². The third-order valence-corrected chi connectivity index (χ3v) is 5.03. The molecule has 0 bridgehead atoms. The van der Waals surface area contributed by atoms with Gasteiger partial charge in [0.1, 0.15) is 11.4 Å². The van der Waals surface area contributed by atoms with Gasteiger partial charge >= 0.3 is 0 Å². The van der Waals surface area contributed by atoms with Crippen LogP contribution in [0.3, 0.4) is 0 Å². The fourth-order valence-electron chi connectivity index (χ4n) is 2.23. The molecule has 0 fully saturated rings. The van der Waals surface area contributed by atoms with E-state index >= 15 is 0 Å². The Labute approximate surface area is 154 Å². The van der Waals surface area contributed by atoms with E-state index in [1.165, 1.54) is 0 Å². The van der Waals surface area contributed by atoms with Crippen molar-refractivity contribution in [2.75, 3.05) is 6.54 Å². The minimum atomic E-state index is -0.168. The standard InChI is InChI=1S/C17H15Cl2N3OS/c1-2-7-20-17(23)15-10-14(16-4-3-8-24-16)21-22(15)11-5-6-12(18)13(19)9-11/h3-6,8-10H,2,7H2,1H3,(H,20,23). The van der Waals surface area contributed by atoms with Crippen LogP contribution in [0.25, 0.3) is 16.3 Å². The Morgan fingerprint density at radius 3 is 2.75 bits per heavy atom. The van der Waals surface area contributed by atoms with Crippen molar-refractivity contribution in [1.82, 2.24) is 15.1 Å². The molecule has 0 spiro atoms. The Bertz CT molecular complexity index is 859. The number of rotatable bonds is 5. The molecule has 124 valence electrons. The van der Waals surface area contributed by atoms with Gasteiger partial charge in [0.25, 0.3) is 5.91 Å². The number of benzene rings is 1. The molecule has 1 amide bonds. The molecule has 3 aromatic rings. The minimum Gasteiger partial charge on any atom is -0.351 e. The zero-order valence-electron chi connectivity index (χ0n) is 12.9. The summed E-state index contributed by atoms with van der Waals surface area (Å²) in [4.78, 5) is 13.5. The monoisotopic (exact) mass is 379 g/mol. The van der Waals surface area contributed by atoms with Gasteiger partial charge in [0.15, 0.2) is 0 Å². The molecule has 0 saturated carbocycles. The number of aromatic nitrogens is 2. The van der Waals surface area contributed by atoms with Gasteiger partial charge in [-0.2, -0.15) is 5.10 Å². The number of halogens is 2. The first-order valence-corrected chi connectivity index (χ1v) is 9.11. The maximum absolute atomic E-state index is 12.5. The molecule has 7 heteroatoms. The van der Waals surface area contributed by atoms with Crippen molar-refractivity contribution >= 4 is 40.4 Å². The molecule has 0 radical (unpaired) electrons. The van der Waals surface area contributed by atoms with Crippen LogP contribution in [0, 0.1) is 0 Å². The third-order valence-electron chi connectivity index (χ3n) is 3.40. The number of hydrogen-bond acceptors (Lipinski definition) is 3. The van der Waals surface area contributed by atoms with E-state index in [9.17, 15) is 4.79 Å². The highest BCUT2D eigenvalue weighted by Crippen LogP contribution is 2.28. The molecule has 1 aromatic carbocycles. The molecule has 0 aliphatic carbocycles. The lowest BCUT2D eigenvalue weighted by Gasteiger charge is -2.08. The normalized spacial score (nSPS) is 10.8. The molecule has 0 saturated heterocycles. The number of carbonyl (C=O) groups excluding carboxylic acids is 1. The van der Waals surface area contributed by atoms with Crippen molar-refractivity contribution in [2.24, 2.45) is 0 Å². The van der Waals surface area contributed by atoms with E-state index in [1.807, 2.05) is 24.4 Å². The van der Waals surface area contributed by atoms with E-state index in [1.54, 1.807) is 40.3 Å². The first-order chi connectivity index (χ1) is 11.6. The van der Waals surface area contributed by atoms with Crippen LogP contribution in [0.15, 0.2) is 41.8 Å². The predicted octanol–water partition coefficient (Wildman–Crippen LogP) is 5.05. The third kappa shape index (κ3) is 3.48. The molecule has 24 heavy (non-hydrogen) atoms. The maximum Gasteiger partial charge on any atom is 0.270 e. The van der Waals surface area contributed by atoms with Crippen LogP contribution in [-0.2, 0) is 0 Å². The van der Waals surface area contributed by atoms with Gasteiger partial charge in [-0.25, -0.2) is 4.68 Å². The summed E-state index contributed by atoms with van der Waals surface area (Å²) in [5, 5.41) is 10.3. The summed E-state index contributed by atoms with van der Waals surface area (Å²) in [7, 11) is 0. The summed E-state index contributed by atoms with van der Waals surface area (Å²) in [5.41, 5.74) is 1.90. The minimum absolute atomic E-state index is 0.168. The first-order valence-electron chi connectivity index (χ1n) is 7.47. The summed E-state index contributed by atoms with van der Waals surface area (Å²) in [5.74, 6) is -0.168. The molecule has 0 atom stereocenters. The van der Waals surface area contributed by atoms with Crippen molar-refractivity contribution < 1.29 is 4.79 Å². The van der Waals surface area contributed by atoms with Gasteiger partial charge in [-0.05, 0) is 42.1 Å². The second-order valence-electron chi connectivity index (χ2n) is 5.16. The largest absolute Gasteiger partial charge is 0.351 e. The lowest BCUT2D eigenvalue weighted by atomic mass is 10.2. The van der Waals surface area contributed by atoms with Crippen molar-refractivity contribution in [3.8, 4) is 16.3 Å². The van der Waals surface area contributed by atoms with Gasteiger partial charge in [0, 0.05) is 6.54 Å². The quantitative estimate of drug-likeness (QED) is 0.674. The van der Waals surface area contributed by atoms with Gasteiger partial charge in [0.2, 0.25) is 0 Å². The van der Waals surface area contributed by atoms with Gasteiger partial charge in [0.05, 0.1) is 20.6 Å². The van der Waals surface area contributed by atoms with E-state index < -0.39 is 0 Å². The lowest BCUT2D eigenvalue weighted by Crippen LogP contribution is -2.26. The number of hydrogen-bond donors (Lipinski definition) is 1. The maximum atomic E-state index is 12.5. The van der Waals surface area contributed by atoms with Gasteiger partial charge in [-0.3, -0.25) is 4.79 Å². The average Bonchev–Trinajstić information content (AvgIpc) is 3.24. The summed E-state index contributed by atoms with van der Waals surface area (Å²) >= 11 is 13.7. The summed E-state index contributed by atoms with van der Waals surface area (Å²) in [6.45, 7) is 2.62. The van der Waals surface area contributed by atoms with Crippen molar-refractivity contribution in [3.05, 3.63) is 57.5 Å². The molecule has 3 rings (SSSR count). The summed E-state index contributed by atoms with van der Waals surface area (Å²) < 4.78 is 1.60. The number of nitrogens with one attached hydrogen (secondary N) is 1.